The number of halogens is 3. The first kappa shape index (κ1) is 10.8. The van der Waals surface area contributed by atoms with Gasteiger partial charge in [0.05, 0.1) is 5.37 Å². The van der Waals surface area contributed by atoms with Crippen LogP contribution in [0.25, 0.3) is 0 Å². The molecule has 2 unspecified atom stereocenters. The molecule has 0 amide bonds. The Balaban J connectivity index is 2.29. The highest BCUT2D eigenvalue weighted by Gasteiger charge is 2.24. The topological polar surface area (TPSA) is 12.0 Å². The van der Waals surface area contributed by atoms with Crippen molar-refractivity contribution in [2.45, 2.75) is 17.5 Å². The molecular weight excluding hydrogens is 223 g/mol. The summed E-state index contributed by atoms with van der Waals surface area (Å²) >= 11 is 1.57. The summed E-state index contributed by atoms with van der Waals surface area (Å²) in [7, 11) is 0. The Hall–Kier alpha value is -0.680. The van der Waals surface area contributed by atoms with E-state index in [0.717, 1.165) is 18.7 Å². The third kappa shape index (κ3) is 2.13. The van der Waals surface area contributed by atoms with Crippen LogP contribution >= 0.6 is 11.8 Å². The van der Waals surface area contributed by atoms with Gasteiger partial charge in [-0.05, 0) is 17.7 Å². The minimum Gasteiger partial charge on any atom is -0.301 e. The molecule has 0 aliphatic carbocycles. The second kappa shape index (κ2) is 4.06. The zero-order valence-electron chi connectivity index (χ0n) is 8.06. The van der Waals surface area contributed by atoms with Gasteiger partial charge in [-0.15, -0.1) is 11.8 Å². The van der Waals surface area contributed by atoms with Crippen molar-refractivity contribution in [3.05, 3.63) is 35.1 Å². The molecule has 1 fully saturated rings. The van der Waals surface area contributed by atoms with Crippen molar-refractivity contribution in [3.8, 4) is 0 Å². The molecule has 1 aromatic carbocycles. The van der Waals surface area contributed by atoms with E-state index in [1.807, 2.05) is 6.92 Å². The van der Waals surface area contributed by atoms with Gasteiger partial charge in [-0.3, -0.25) is 0 Å². The quantitative estimate of drug-likeness (QED) is 0.748. The second-order valence-corrected chi connectivity index (χ2v) is 5.08. The first-order valence-electron chi connectivity index (χ1n) is 4.61. The van der Waals surface area contributed by atoms with Gasteiger partial charge in [0, 0.05) is 11.8 Å². The second-order valence-electron chi connectivity index (χ2n) is 3.53. The highest BCUT2D eigenvalue weighted by atomic mass is 32.2. The maximum Gasteiger partial charge on any atom is 0.194 e. The lowest BCUT2D eigenvalue weighted by atomic mass is 10.2. The molecule has 0 bridgehead atoms. The van der Waals surface area contributed by atoms with Crippen molar-refractivity contribution < 1.29 is 13.2 Å². The molecule has 5 heteroatoms. The van der Waals surface area contributed by atoms with Gasteiger partial charge in [0.25, 0.3) is 0 Å². The predicted molar refractivity (Wildman–Crippen MR) is 54.1 cm³/mol. The fourth-order valence-electron chi connectivity index (χ4n) is 1.52. The van der Waals surface area contributed by atoms with Gasteiger partial charge < -0.3 is 5.32 Å². The van der Waals surface area contributed by atoms with E-state index in [2.05, 4.69) is 5.32 Å². The van der Waals surface area contributed by atoms with Gasteiger partial charge in [0.15, 0.2) is 17.5 Å². The highest BCUT2D eigenvalue weighted by Crippen LogP contribution is 2.35. The van der Waals surface area contributed by atoms with Crippen LogP contribution < -0.4 is 5.32 Å². The molecule has 15 heavy (non-hydrogen) atoms. The van der Waals surface area contributed by atoms with Crippen molar-refractivity contribution in [2.24, 2.45) is 0 Å². The van der Waals surface area contributed by atoms with E-state index in [1.165, 1.54) is 0 Å². The Morgan fingerprint density at radius 2 is 1.87 bits per heavy atom. The standard InChI is InChI=1S/C10H10F3NS/c1-5-4-14-10(15-5)6-2-7(11)9(13)8(12)3-6/h2-3,5,10,14H,4H2,1H3. The van der Waals surface area contributed by atoms with Crippen LogP contribution in [-0.2, 0) is 0 Å². The van der Waals surface area contributed by atoms with Crippen LogP contribution in [0.15, 0.2) is 12.1 Å². The molecule has 1 aliphatic heterocycles. The Kier molecular flexibility index (Phi) is 2.93. The van der Waals surface area contributed by atoms with E-state index < -0.39 is 17.5 Å². The summed E-state index contributed by atoms with van der Waals surface area (Å²) in [5, 5.41) is 3.35. The number of thioether (sulfide) groups is 1. The van der Waals surface area contributed by atoms with Gasteiger partial charge >= 0.3 is 0 Å². The molecule has 1 aliphatic rings. The van der Waals surface area contributed by atoms with Gasteiger partial charge in [-0.2, -0.15) is 0 Å². The fourth-order valence-corrected chi connectivity index (χ4v) is 2.67. The highest BCUT2D eigenvalue weighted by molar-refractivity contribution is 8.00. The number of rotatable bonds is 1. The van der Waals surface area contributed by atoms with E-state index in [-0.39, 0.29) is 5.37 Å². The molecule has 1 nitrogen and oxygen atoms in total. The Morgan fingerprint density at radius 1 is 1.27 bits per heavy atom. The van der Waals surface area contributed by atoms with Crippen LogP contribution in [0.2, 0.25) is 0 Å². The molecule has 1 aromatic rings. The number of hydrogen-bond acceptors (Lipinski definition) is 2. The Bertz CT molecular complexity index is 360. The van der Waals surface area contributed by atoms with Crippen LogP contribution in [-0.4, -0.2) is 11.8 Å². The smallest absolute Gasteiger partial charge is 0.194 e. The summed E-state index contributed by atoms with van der Waals surface area (Å²) in [6, 6.07) is 2.09. The van der Waals surface area contributed by atoms with Crippen LogP contribution in [0.4, 0.5) is 13.2 Å². The average Bonchev–Trinajstić information content (AvgIpc) is 2.60. The summed E-state index contributed by atoms with van der Waals surface area (Å²) in [5.41, 5.74) is 0.445. The van der Waals surface area contributed by atoms with Gasteiger partial charge in [0.2, 0.25) is 0 Å². The van der Waals surface area contributed by atoms with Crippen molar-refractivity contribution >= 4 is 11.8 Å². The number of hydrogen-bond donors (Lipinski definition) is 1. The van der Waals surface area contributed by atoms with Crippen molar-refractivity contribution in [1.82, 2.24) is 5.32 Å². The lowest BCUT2D eigenvalue weighted by Gasteiger charge is -2.10. The van der Waals surface area contributed by atoms with Gasteiger partial charge in [-0.25, -0.2) is 13.2 Å². The molecular formula is C10H10F3NS. The molecule has 0 saturated carbocycles. The van der Waals surface area contributed by atoms with Gasteiger partial charge in [-0.1, -0.05) is 6.92 Å². The summed E-state index contributed by atoms with van der Waals surface area (Å²) in [4.78, 5) is 0. The molecule has 0 spiro atoms. The van der Waals surface area contributed by atoms with Crippen LogP contribution in [0.5, 0.6) is 0 Å². The maximum absolute atomic E-state index is 12.9. The molecule has 2 atom stereocenters. The van der Waals surface area contributed by atoms with E-state index in [0.29, 0.717) is 10.8 Å². The predicted octanol–water partition coefficient (Wildman–Crippen LogP) is 2.83. The minimum absolute atomic E-state index is 0.149. The monoisotopic (exact) mass is 233 g/mol. The fraction of sp³-hybridized carbons (Fsp3) is 0.400. The summed E-state index contributed by atoms with van der Waals surface area (Å²) in [5.74, 6) is -3.67. The van der Waals surface area contributed by atoms with E-state index in [9.17, 15) is 13.2 Å². The Morgan fingerprint density at radius 3 is 2.33 bits per heavy atom. The van der Waals surface area contributed by atoms with E-state index in [4.69, 9.17) is 0 Å². The van der Waals surface area contributed by atoms with Crippen molar-refractivity contribution in [3.63, 3.8) is 0 Å². The third-order valence-corrected chi connectivity index (χ3v) is 3.61. The molecule has 1 saturated heterocycles. The third-order valence-electron chi connectivity index (χ3n) is 2.27. The van der Waals surface area contributed by atoms with E-state index >= 15 is 0 Å². The minimum atomic E-state index is -1.41. The largest absolute Gasteiger partial charge is 0.301 e. The summed E-state index contributed by atoms with van der Waals surface area (Å²) in [6.07, 6.45) is 0. The first-order chi connectivity index (χ1) is 7.08. The van der Waals surface area contributed by atoms with E-state index in [1.54, 1.807) is 11.8 Å². The summed E-state index contributed by atoms with van der Waals surface area (Å²) < 4.78 is 38.6. The van der Waals surface area contributed by atoms with Gasteiger partial charge in [0.1, 0.15) is 0 Å². The molecule has 0 aromatic heterocycles. The molecule has 2 rings (SSSR count). The first-order valence-corrected chi connectivity index (χ1v) is 5.55. The lowest BCUT2D eigenvalue weighted by molar-refractivity contribution is 0.444. The molecule has 1 N–H and O–H groups in total. The zero-order chi connectivity index (χ0) is 11.0. The number of benzene rings is 1. The molecule has 82 valence electrons. The van der Waals surface area contributed by atoms with Crippen LogP contribution in [0.1, 0.15) is 17.9 Å². The SMILES string of the molecule is CC1CNC(c2cc(F)c(F)c(F)c2)S1. The number of nitrogens with one attached hydrogen (secondary N) is 1. The Labute approximate surface area is 90.1 Å². The molecule has 0 radical (unpaired) electrons. The lowest BCUT2D eigenvalue weighted by Crippen LogP contribution is -2.14. The average molecular weight is 233 g/mol. The van der Waals surface area contributed by atoms with Crippen molar-refractivity contribution in [1.29, 1.82) is 0 Å². The maximum atomic E-state index is 12.9. The zero-order valence-corrected chi connectivity index (χ0v) is 8.88. The van der Waals surface area contributed by atoms with Crippen LogP contribution in [0.3, 0.4) is 0 Å². The molecule has 1 heterocycles. The normalized spacial score (nSPS) is 25.9. The van der Waals surface area contributed by atoms with Crippen molar-refractivity contribution in [2.75, 3.05) is 6.54 Å². The van der Waals surface area contributed by atoms with Crippen LogP contribution in [0, 0.1) is 17.5 Å². The summed E-state index contributed by atoms with van der Waals surface area (Å²) in [6.45, 7) is 2.81.